The smallest absolute Gasteiger partial charge is 0.295 e. The third-order valence-electron chi connectivity index (χ3n) is 4.90. The Bertz CT molecular complexity index is 1150. The molecule has 2 N–H and O–H groups in total. The predicted molar refractivity (Wildman–Crippen MR) is 114 cm³/mol. The molecule has 2 amide bonds. The standard InChI is InChI=1S/C21H20N4O3S/c1-13-19(21(28)25(24(13)2)14-8-4-3-5-9-14)23-18(26)12-17-20(27)22-15-10-6-7-11-16(15)29-17/h3-11,17H,12H2,1-2H3,(H,22,27)(H,23,26)/t17-/m1/s1. The number of hydrogen-bond donors (Lipinski definition) is 2. The molecule has 29 heavy (non-hydrogen) atoms. The van der Waals surface area contributed by atoms with Gasteiger partial charge in [0.25, 0.3) is 5.56 Å². The van der Waals surface area contributed by atoms with Gasteiger partial charge in [0.2, 0.25) is 11.8 Å². The summed E-state index contributed by atoms with van der Waals surface area (Å²) in [7, 11) is 1.76. The average Bonchev–Trinajstić information content (AvgIpc) is 2.92. The van der Waals surface area contributed by atoms with Gasteiger partial charge in [0.1, 0.15) is 5.69 Å². The summed E-state index contributed by atoms with van der Waals surface area (Å²) in [6.07, 6.45) is -0.0239. The third-order valence-corrected chi connectivity index (χ3v) is 6.17. The van der Waals surface area contributed by atoms with Crippen molar-refractivity contribution in [2.24, 2.45) is 7.05 Å². The van der Waals surface area contributed by atoms with Crippen molar-refractivity contribution in [3.05, 3.63) is 70.6 Å². The summed E-state index contributed by atoms with van der Waals surface area (Å²) in [6, 6.07) is 16.7. The van der Waals surface area contributed by atoms with Gasteiger partial charge in [-0.1, -0.05) is 30.3 Å². The number of aromatic nitrogens is 2. The highest BCUT2D eigenvalue weighted by Gasteiger charge is 2.29. The van der Waals surface area contributed by atoms with E-state index in [0.717, 1.165) is 10.6 Å². The Balaban J connectivity index is 1.54. The molecule has 0 fully saturated rings. The van der Waals surface area contributed by atoms with Crippen molar-refractivity contribution < 1.29 is 9.59 Å². The van der Waals surface area contributed by atoms with Gasteiger partial charge < -0.3 is 10.6 Å². The molecule has 0 aliphatic carbocycles. The van der Waals surface area contributed by atoms with Gasteiger partial charge in [-0.25, -0.2) is 4.68 Å². The highest BCUT2D eigenvalue weighted by atomic mass is 32.2. The van der Waals surface area contributed by atoms with Gasteiger partial charge in [0.05, 0.1) is 22.3 Å². The number of nitrogens with one attached hydrogen (secondary N) is 2. The lowest BCUT2D eigenvalue weighted by Crippen LogP contribution is -2.33. The van der Waals surface area contributed by atoms with E-state index in [1.54, 1.807) is 18.7 Å². The van der Waals surface area contributed by atoms with Gasteiger partial charge in [-0.05, 0) is 31.2 Å². The molecule has 0 spiro atoms. The number of nitrogens with zero attached hydrogens (tertiary/aromatic N) is 2. The Hall–Kier alpha value is -3.26. The number of thioether (sulfide) groups is 1. The van der Waals surface area contributed by atoms with Crippen LogP contribution in [-0.2, 0) is 16.6 Å². The van der Waals surface area contributed by atoms with Gasteiger partial charge in [0, 0.05) is 18.4 Å². The Kier molecular flexibility index (Phi) is 5.02. The largest absolute Gasteiger partial charge is 0.324 e. The lowest BCUT2D eigenvalue weighted by atomic mass is 10.2. The molecule has 0 saturated carbocycles. The summed E-state index contributed by atoms with van der Waals surface area (Å²) in [5.74, 6) is -0.585. The predicted octanol–water partition coefficient (Wildman–Crippen LogP) is 2.93. The highest BCUT2D eigenvalue weighted by Crippen LogP contribution is 2.36. The van der Waals surface area contributed by atoms with Crippen molar-refractivity contribution in [1.82, 2.24) is 9.36 Å². The zero-order chi connectivity index (χ0) is 20.5. The lowest BCUT2D eigenvalue weighted by Gasteiger charge is -2.23. The van der Waals surface area contributed by atoms with Gasteiger partial charge in [0.15, 0.2) is 0 Å². The summed E-state index contributed by atoms with van der Waals surface area (Å²) >= 11 is 1.36. The molecule has 0 unspecified atom stereocenters. The molecule has 0 radical (unpaired) electrons. The maximum Gasteiger partial charge on any atom is 0.295 e. The zero-order valence-electron chi connectivity index (χ0n) is 16.0. The van der Waals surface area contributed by atoms with Gasteiger partial charge in [-0.3, -0.25) is 19.1 Å². The number of anilines is 2. The second-order valence-corrected chi connectivity index (χ2v) is 8.03. The van der Waals surface area contributed by atoms with Crippen LogP contribution in [0.25, 0.3) is 5.69 Å². The summed E-state index contributed by atoms with van der Waals surface area (Å²) < 4.78 is 3.20. The lowest BCUT2D eigenvalue weighted by molar-refractivity contribution is -0.120. The van der Waals surface area contributed by atoms with Crippen LogP contribution < -0.4 is 16.2 Å². The molecule has 1 aromatic heterocycles. The second kappa shape index (κ2) is 7.63. The fourth-order valence-electron chi connectivity index (χ4n) is 3.30. The zero-order valence-corrected chi connectivity index (χ0v) is 16.8. The first-order chi connectivity index (χ1) is 14.0. The molecule has 2 aromatic carbocycles. The van der Waals surface area contributed by atoms with Crippen LogP contribution in [0.4, 0.5) is 11.4 Å². The van der Waals surface area contributed by atoms with Crippen LogP contribution in [0.2, 0.25) is 0 Å². The minimum absolute atomic E-state index is 0.0239. The Labute approximate surface area is 171 Å². The first-order valence-electron chi connectivity index (χ1n) is 9.16. The fraction of sp³-hybridized carbons (Fsp3) is 0.190. The number of benzene rings is 2. The van der Waals surface area contributed by atoms with Crippen molar-refractivity contribution in [2.75, 3.05) is 10.6 Å². The monoisotopic (exact) mass is 408 g/mol. The summed E-state index contributed by atoms with van der Waals surface area (Å²) in [5, 5.41) is 4.99. The molecule has 3 aromatic rings. The van der Waals surface area contributed by atoms with Crippen LogP contribution in [-0.4, -0.2) is 26.4 Å². The number of carbonyl (C=O) groups is 2. The highest BCUT2D eigenvalue weighted by molar-refractivity contribution is 8.01. The number of carbonyl (C=O) groups excluding carboxylic acids is 2. The Morgan fingerprint density at radius 2 is 1.79 bits per heavy atom. The van der Waals surface area contributed by atoms with E-state index < -0.39 is 5.25 Å². The van der Waals surface area contributed by atoms with E-state index in [0.29, 0.717) is 11.4 Å². The minimum atomic E-state index is -0.551. The number of rotatable bonds is 4. The van der Waals surface area contributed by atoms with Crippen molar-refractivity contribution in [1.29, 1.82) is 0 Å². The summed E-state index contributed by atoms with van der Waals surface area (Å²) in [4.78, 5) is 38.8. The Morgan fingerprint density at radius 1 is 1.10 bits per heavy atom. The summed E-state index contributed by atoms with van der Waals surface area (Å²) in [5.41, 5.74) is 2.02. The van der Waals surface area contributed by atoms with Crippen LogP contribution in [0.1, 0.15) is 12.1 Å². The Morgan fingerprint density at radius 3 is 2.55 bits per heavy atom. The molecule has 148 valence electrons. The van der Waals surface area contributed by atoms with E-state index in [4.69, 9.17) is 0 Å². The van der Waals surface area contributed by atoms with E-state index in [9.17, 15) is 14.4 Å². The molecular formula is C21H20N4O3S. The van der Waals surface area contributed by atoms with Crippen LogP contribution in [0, 0.1) is 6.92 Å². The number of hydrogen-bond acceptors (Lipinski definition) is 4. The minimum Gasteiger partial charge on any atom is -0.324 e. The van der Waals surface area contributed by atoms with E-state index in [1.807, 2.05) is 54.6 Å². The molecule has 0 saturated heterocycles. The van der Waals surface area contributed by atoms with E-state index in [-0.39, 0.29) is 29.5 Å². The van der Waals surface area contributed by atoms with E-state index >= 15 is 0 Å². The van der Waals surface area contributed by atoms with Crippen molar-refractivity contribution in [3.8, 4) is 5.69 Å². The van der Waals surface area contributed by atoms with Crippen molar-refractivity contribution >= 4 is 35.0 Å². The van der Waals surface area contributed by atoms with Gasteiger partial charge >= 0.3 is 0 Å². The third kappa shape index (κ3) is 3.58. The molecule has 1 aliphatic heterocycles. The molecule has 1 aliphatic rings. The normalized spacial score (nSPS) is 15.5. The number of amides is 2. The molecule has 2 heterocycles. The topological polar surface area (TPSA) is 85.1 Å². The summed E-state index contributed by atoms with van der Waals surface area (Å²) in [6.45, 7) is 1.77. The van der Waals surface area contributed by atoms with Crippen molar-refractivity contribution in [3.63, 3.8) is 0 Å². The second-order valence-electron chi connectivity index (χ2n) is 6.78. The molecular weight excluding hydrogens is 388 g/mol. The van der Waals surface area contributed by atoms with E-state index in [2.05, 4.69) is 10.6 Å². The average molecular weight is 408 g/mol. The van der Waals surface area contributed by atoms with Gasteiger partial charge in [-0.2, -0.15) is 0 Å². The quantitative estimate of drug-likeness (QED) is 0.695. The molecule has 8 heteroatoms. The molecule has 0 bridgehead atoms. The van der Waals surface area contributed by atoms with Crippen LogP contribution in [0.3, 0.4) is 0 Å². The van der Waals surface area contributed by atoms with Crippen LogP contribution in [0.15, 0.2) is 64.3 Å². The molecule has 7 nitrogen and oxygen atoms in total. The van der Waals surface area contributed by atoms with Crippen molar-refractivity contribution in [2.45, 2.75) is 23.5 Å². The first kappa shape index (κ1) is 19.1. The van der Waals surface area contributed by atoms with Gasteiger partial charge in [-0.15, -0.1) is 11.8 Å². The fourth-order valence-corrected chi connectivity index (χ4v) is 4.41. The maximum absolute atomic E-state index is 12.9. The number of para-hydroxylation sites is 2. The van der Waals surface area contributed by atoms with E-state index in [1.165, 1.54) is 16.4 Å². The first-order valence-corrected chi connectivity index (χ1v) is 10.0. The van der Waals surface area contributed by atoms with Crippen LogP contribution in [0.5, 0.6) is 0 Å². The van der Waals surface area contributed by atoms with Crippen LogP contribution >= 0.6 is 11.8 Å². The molecule has 1 atom stereocenters. The maximum atomic E-state index is 12.9. The molecule has 4 rings (SSSR count). The SMILES string of the molecule is Cc1c(NC(=O)C[C@H]2Sc3ccccc3NC2=O)c(=O)n(-c2ccccc2)n1C. The number of fused-ring (bicyclic) bond motifs is 1.